The molecule has 29 heavy (non-hydrogen) atoms. The third kappa shape index (κ3) is 4.23. The SMILES string of the molecule is COc1ccc(COc2cc(-c3c(C)noc3C)nc(-c3nc(Cl)cs3)n2)cc1. The Hall–Kier alpha value is -2.97. The summed E-state index contributed by atoms with van der Waals surface area (Å²) in [6, 6.07) is 9.43. The Labute approximate surface area is 176 Å². The predicted molar refractivity (Wildman–Crippen MR) is 110 cm³/mol. The number of benzene rings is 1. The smallest absolute Gasteiger partial charge is 0.217 e. The van der Waals surface area contributed by atoms with Crippen LogP contribution in [0.2, 0.25) is 5.15 Å². The van der Waals surface area contributed by atoms with Gasteiger partial charge in [-0.2, -0.15) is 4.98 Å². The van der Waals surface area contributed by atoms with E-state index >= 15 is 0 Å². The van der Waals surface area contributed by atoms with Crippen LogP contribution in [0.1, 0.15) is 17.0 Å². The number of ether oxygens (including phenoxy) is 2. The summed E-state index contributed by atoms with van der Waals surface area (Å²) in [5, 5.41) is 6.76. The van der Waals surface area contributed by atoms with Crippen molar-refractivity contribution in [2.24, 2.45) is 0 Å². The quantitative estimate of drug-likeness (QED) is 0.421. The number of thiazole rings is 1. The van der Waals surface area contributed by atoms with E-state index in [9.17, 15) is 0 Å². The second-order valence-electron chi connectivity index (χ2n) is 6.23. The Balaban J connectivity index is 1.69. The van der Waals surface area contributed by atoms with Gasteiger partial charge >= 0.3 is 0 Å². The molecule has 0 bridgehead atoms. The van der Waals surface area contributed by atoms with Crippen molar-refractivity contribution in [1.82, 2.24) is 20.1 Å². The van der Waals surface area contributed by atoms with Gasteiger partial charge in [-0.1, -0.05) is 28.9 Å². The minimum atomic E-state index is 0.347. The second kappa shape index (κ2) is 8.18. The van der Waals surface area contributed by atoms with Crippen molar-refractivity contribution in [2.45, 2.75) is 20.5 Å². The number of halogens is 1. The highest BCUT2D eigenvalue weighted by atomic mass is 35.5. The third-order valence-corrected chi connectivity index (χ3v) is 5.37. The first-order valence-corrected chi connectivity index (χ1v) is 9.98. The van der Waals surface area contributed by atoms with E-state index in [2.05, 4.69) is 20.1 Å². The van der Waals surface area contributed by atoms with Gasteiger partial charge in [0.25, 0.3) is 0 Å². The molecule has 0 aliphatic heterocycles. The van der Waals surface area contributed by atoms with E-state index < -0.39 is 0 Å². The molecule has 9 heteroatoms. The number of nitrogens with zero attached hydrogens (tertiary/aromatic N) is 4. The van der Waals surface area contributed by atoms with Crippen molar-refractivity contribution in [1.29, 1.82) is 0 Å². The van der Waals surface area contributed by atoms with E-state index in [0.29, 0.717) is 39.9 Å². The van der Waals surface area contributed by atoms with Crippen LogP contribution in [0.4, 0.5) is 0 Å². The van der Waals surface area contributed by atoms with E-state index in [1.807, 2.05) is 38.1 Å². The Bertz CT molecular complexity index is 1120. The zero-order chi connectivity index (χ0) is 20.4. The van der Waals surface area contributed by atoms with Crippen molar-refractivity contribution >= 4 is 22.9 Å². The van der Waals surface area contributed by atoms with Crippen LogP contribution >= 0.6 is 22.9 Å². The summed E-state index contributed by atoms with van der Waals surface area (Å²) in [5.41, 5.74) is 3.19. The van der Waals surface area contributed by atoms with Gasteiger partial charge in [-0.15, -0.1) is 11.3 Å². The van der Waals surface area contributed by atoms with Crippen LogP contribution in [-0.2, 0) is 6.61 Å². The van der Waals surface area contributed by atoms with Gasteiger partial charge in [0.05, 0.1) is 24.1 Å². The molecule has 0 atom stereocenters. The first-order valence-electron chi connectivity index (χ1n) is 8.73. The highest BCUT2D eigenvalue weighted by molar-refractivity contribution is 7.13. The van der Waals surface area contributed by atoms with Crippen molar-refractivity contribution < 1.29 is 14.0 Å². The van der Waals surface area contributed by atoms with Crippen molar-refractivity contribution in [3.05, 3.63) is 57.9 Å². The summed E-state index contributed by atoms with van der Waals surface area (Å²) in [7, 11) is 1.63. The van der Waals surface area contributed by atoms with Gasteiger partial charge < -0.3 is 14.0 Å². The molecule has 0 N–H and O–H groups in total. The number of rotatable bonds is 6. The molecule has 0 aliphatic carbocycles. The Morgan fingerprint density at radius 3 is 2.52 bits per heavy atom. The molecular formula is C20H17ClN4O3S. The Morgan fingerprint density at radius 1 is 1.10 bits per heavy atom. The van der Waals surface area contributed by atoms with Crippen LogP contribution in [0.3, 0.4) is 0 Å². The standard InChI is InChI=1S/C20H17ClN4O3S/c1-11-18(12(2)28-25-11)15-8-17(24-19(22-15)20-23-16(21)10-29-20)27-9-13-4-6-14(26-3)7-5-13/h4-8,10H,9H2,1-3H3. The highest BCUT2D eigenvalue weighted by Gasteiger charge is 2.18. The molecule has 3 heterocycles. The van der Waals surface area contributed by atoms with Gasteiger partial charge in [-0.05, 0) is 31.5 Å². The molecule has 0 saturated heterocycles. The fourth-order valence-corrected chi connectivity index (χ4v) is 3.68. The summed E-state index contributed by atoms with van der Waals surface area (Å²) < 4.78 is 16.4. The molecular weight excluding hydrogens is 412 g/mol. The first kappa shape index (κ1) is 19.4. The topological polar surface area (TPSA) is 83.2 Å². The van der Waals surface area contributed by atoms with Crippen molar-refractivity contribution in [3.63, 3.8) is 0 Å². The van der Waals surface area contributed by atoms with Gasteiger partial charge in [0, 0.05) is 11.4 Å². The summed E-state index contributed by atoms with van der Waals surface area (Å²) in [6.45, 7) is 4.06. The fourth-order valence-electron chi connectivity index (χ4n) is 2.81. The maximum Gasteiger partial charge on any atom is 0.217 e. The summed E-state index contributed by atoms with van der Waals surface area (Å²) in [5.74, 6) is 2.32. The van der Waals surface area contributed by atoms with Crippen molar-refractivity contribution in [3.8, 4) is 33.7 Å². The number of aryl methyl sites for hydroxylation is 2. The molecule has 0 amide bonds. The monoisotopic (exact) mass is 428 g/mol. The van der Waals surface area contributed by atoms with Gasteiger partial charge in [0.2, 0.25) is 5.88 Å². The summed E-state index contributed by atoms with van der Waals surface area (Å²) in [6.07, 6.45) is 0. The maximum absolute atomic E-state index is 5.98. The summed E-state index contributed by atoms with van der Waals surface area (Å²) in [4.78, 5) is 13.4. The molecule has 3 aromatic heterocycles. The zero-order valence-electron chi connectivity index (χ0n) is 16.0. The molecule has 7 nitrogen and oxygen atoms in total. The van der Waals surface area contributed by atoms with Crippen LogP contribution in [0.5, 0.6) is 11.6 Å². The molecule has 1 aromatic carbocycles. The minimum Gasteiger partial charge on any atom is -0.497 e. The first-order chi connectivity index (χ1) is 14.0. The molecule has 4 aromatic rings. The zero-order valence-corrected chi connectivity index (χ0v) is 17.5. The number of hydrogen-bond acceptors (Lipinski definition) is 8. The Morgan fingerprint density at radius 2 is 1.90 bits per heavy atom. The Kier molecular flexibility index (Phi) is 5.46. The lowest BCUT2D eigenvalue weighted by Gasteiger charge is -2.09. The normalized spacial score (nSPS) is 10.9. The largest absolute Gasteiger partial charge is 0.497 e. The van der Waals surface area contributed by atoms with E-state index in [1.165, 1.54) is 11.3 Å². The molecule has 0 spiro atoms. The van der Waals surface area contributed by atoms with E-state index in [1.54, 1.807) is 18.6 Å². The van der Waals surface area contributed by atoms with Crippen molar-refractivity contribution in [2.75, 3.05) is 7.11 Å². The van der Waals surface area contributed by atoms with Gasteiger partial charge in [0.15, 0.2) is 10.8 Å². The highest BCUT2D eigenvalue weighted by Crippen LogP contribution is 2.31. The molecule has 4 rings (SSSR count). The number of hydrogen-bond donors (Lipinski definition) is 0. The lowest BCUT2D eigenvalue weighted by Crippen LogP contribution is -2.01. The minimum absolute atomic E-state index is 0.347. The predicted octanol–water partition coefficient (Wildman–Crippen LogP) is 5.11. The number of aromatic nitrogens is 4. The van der Waals surface area contributed by atoms with Gasteiger partial charge in [0.1, 0.15) is 23.3 Å². The average Bonchev–Trinajstić information content (AvgIpc) is 3.31. The van der Waals surface area contributed by atoms with Crippen LogP contribution < -0.4 is 9.47 Å². The van der Waals surface area contributed by atoms with E-state index in [4.69, 9.17) is 25.6 Å². The van der Waals surface area contributed by atoms with Crippen LogP contribution in [0.25, 0.3) is 22.1 Å². The molecule has 148 valence electrons. The lowest BCUT2D eigenvalue weighted by molar-refractivity contribution is 0.293. The summed E-state index contributed by atoms with van der Waals surface area (Å²) >= 11 is 7.35. The van der Waals surface area contributed by atoms with Crippen LogP contribution in [-0.4, -0.2) is 27.2 Å². The second-order valence-corrected chi connectivity index (χ2v) is 7.47. The fraction of sp³-hybridized carbons (Fsp3) is 0.200. The maximum atomic E-state index is 5.98. The van der Waals surface area contributed by atoms with Gasteiger partial charge in [-0.3, -0.25) is 0 Å². The lowest BCUT2D eigenvalue weighted by atomic mass is 10.1. The number of methoxy groups -OCH3 is 1. The molecule has 0 aliphatic rings. The molecule has 0 saturated carbocycles. The molecule has 0 radical (unpaired) electrons. The molecule has 0 fully saturated rings. The van der Waals surface area contributed by atoms with Crippen LogP contribution in [0.15, 0.2) is 40.2 Å². The van der Waals surface area contributed by atoms with Gasteiger partial charge in [-0.25, -0.2) is 9.97 Å². The van der Waals surface area contributed by atoms with E-state index in [-0.39, 0.29) is 0 Å². The molecule has 0 unspecified atom stereocenters. The third-order valence-electron chi connectivity index (χ3n) is 4.21. The van der Waals surface area contributed by atoms with E-state index in [0.717, 1.165) is 22.6 Å². The van der Waals surface area contributed by atoms with Crippen LogP contribution in [0, 0.1) is 13.8 Å². The average molecular weight is 429 g/mol.